The first-order valence-electron chi connectivity index (χ1n) is 6.08. The van der Waals surface area contributed by atoms with Crippen LogP contribution in [0.1, 0.15) is 12.5 Å². The molecule has 94 valence electrons. The highest BCUT2D eigenvalue weighted by Crippen LogP contribution is 2.29. The van der Waals surface area contributed by atoms with E-state index in [2.05, 4.69) is 0 Å². The van der Waals surface area contributed by atoms with Gasteiger partial charge in [-0.1, -0.05) is 30.3 Å². The molecule has 0 bridgehead atoms. The van der Waals surface area contributed by atoms with Gasteiger partial charge in [-0.05, 0) is 30.7 Å². The fourth-order valence-electron chi connectivity index (χ4n) is 2.09. The number of rotatable bonds is 4. The lowest BCUT2D eigenvalue weighted by Gasteiger charge is -2.26. The quantitative estimate of drug-likeness (QED) is 0.892. The maximum Gasteiger partial charge on any atom is 0.146 e. The molecule has 0 aromatic heterocycles. The van der Waals surface area contributed by atoms with Crippen LogP contribution in [0.4, 0.5) is 15.8 Å². The summed E-state index contributed by atoms with van der Waals surface area (Å²) in [6.45, 7) is 3.14. The molecule has 0 spiro atoms. The van der Waals surface area contributed by atoms with Gasteiger partial charge in [0.2, 0.25) is 0 Å². The van der Waals surface area contributed by atoms with E-state index in [-0.39, 0.29) is 5.82 Å². The second-order valence-corrected chi connectivity index (χ2v) is 4.03. The zero-order valence-corrected chi connectivity index (χ0v) is 10.4. The minimum Gasteiger partial charge on any atom is -0.339 e. The lowest BCUT2D eigenvalue weighted by molar-refractivity contribution is 0.625. The molecule has 3 heteroatoms. The Hall–Kier alpha value is -1.87. The predicted molar refractivity (Wildman–Crippen MR) is 73.4 cm³/mol. The summed E-state index contributed by atoms with van der Waals surface area (Å²) in [6, 6.07) is 14.6. The maximum atomic E-state index is 13.9. The molecule has 0 radical (unpaired) electrons. The summed E-state index contributed by atoms with van der Waals surface area (Å²) in [5, 5.41) is 0. The predicted octanol–water partition coefficient (Wildman–Crippen LogP) is 3.44. The van der Waals surface area contributed by atoms with E-state index in [1.807, 2.05) is 42.2 Å². The Bertz CT molecular complexity index is 525. The molecule has 0 aliphatic rings. The average molecular weight is 244 g/mol. The third-order valence-corrected chi connectivity index (χ3v) is 2.96. The largest absolute Gasteiger partial charge is 0.339 e. The standard InChI is InChI=1S/C15H17FN2/c1-2-18(15-10-6-4-8-13(15)16)14-9-5-3-7-12(14)11-17/h3-10H,2,11,17H2,1H3. The van der Waals surface area contributed by atoms with Crippen molar-refractivity contribution >= 4 is 11.4 Å². The van der Waals surface area contributed by atoms with Crippen molar-refractivity contribution in [3.8, 4) is 0 Å². The molecule has 2 rings (SSSR count). The minimum atomic E-state index is -0.217. The van der Waals surface area contributed by atoms with Gasteiger partial charge in [0, 0.05) is 18.8 Å². The van der Waals surface area contributed by atoms with Crippen molar-refractivity contribution in [1.82, 2.24) is 0 Å². The minimum absolute atomic E-state index is 0.217. The van der Waals surface area contributed by atoms with Gasteiger partial charge in [0.15, 0.2) is 0 Å². The van der Waals surface area contributed by atoms with Crippen LogP contribution in [0.2, 0.25) is 0 Å². The topological polar surface area (TPSA) is 29.3 Å². The lowest BCUT2D eigenvalue weighted by Crippen LogP contribution is -2.19. The first-order valence-corrected chi connectivity index (χ1v) is 6.08. The van der Waals surface area contributed by atoms with Crippen molar-refractivity contribution in [3.05, 3.63) is 59.9 Å². The molecular formula is C15H17FN2. The van der Waals surface area contributed by atoms with Gasteiger partial charge in [-0.3, -0.25) is 0 Å². The van der Waals surface area contributed by atoms with Gasteiger partial charge in [-0.25, -0.2) is 4.39 Å². The molecule has 0 unspecified atom stereocenters. The van der Waals surface area contributed by atoms with E-state index in [1.54, 1.807) is 12.1 Å². The van der Waals surface area contributed by atoms with Gasteiger partial charge in [0.1, 0.15) is 5.82 Å². The van der Waals surface area contributed by atoms with Crippen molar-refractivity contribution in [2.24, 2.45) is 5.73 Å². The summed E-state index contributed by atoms with van der Waals surface area (Å²) in [6.07, 6.45) is 0. The fourth-order valence-corrected chi connectivity index (χ4v) is 2.09. The highest BCUT2D eigenvalue weighted by atomic mass is 19.1. The monoisotopic (exact) mass is 244 g/mol. The van der Waals surface area contributed by atoms with Gasteiger partial charge < -0.3 is 10.6 Å². The van der Waals surface area contributed by atoms with Crippen LogP contribution in [0, 0.1) is 5.82 Å². The number of hydrogen-bond donors (Lipinski definition) is 1. The van der Waals surface area contributed by atoms with E-state index in [0.717, 1.165) is 11.3 Å². The van der Waals surface area contributed by atoms with Crippen LogP contribution in [-0.2, 0) is 6.54 Å². The number of benzene rings is 2. The summed E-state index contributed by atoms with van der Waals surface area (Å²) < 4.78 is 13.9. The number of nitrogens with two attached hydrogens (primary N) is 1. The van der Waals surface area contributed by atoms with Gasteiger partial charge in [-0.2, -0.15) is 0 Å². The van der Waals surface area contributed by atoms with Crippen LogP contribution in [0.5, 0.6) is 0 Å². The summed E-state index contributed by atoms with van der Waals surface area (Å²) in [5.41, 5.74) is 8.30. The molecule has 0 fully saturated rings. The van der Waals surface area contributed by atoms with Crippen LogP contribution in [0.25, 0.3) is 0 Å². The number of nitrogens with zero attached hydrogens (tertiary/aromatic N) is 1. The smallest absolute Gasteiger partial charge is 0.146 e. The Balaban J connectivity index is 2.49. The Morgan fingerprint density at radius 1 is 1.00 bits per heavy atom. The number of para-hydroxylation sites is 2. The molecule has 0 heterocycles. The summed E-state index contributed by atoms with van der Waals surface area (Å²) >= 11 is 0. The van der Waals surface area contributed by atoms with Gasteiger partial charge in [-0.15, -0.1) is 0 Å². The number of hydrogen-bond acceptors (Lipinski definition) is 2. The van der Waals surface area contributed by atoms with E-state index in [0.29, 0.717) is 18.8 Å². The Labute approximate surface area is 107 Å². The van der Waals surface area contributed by atoms with Gasteiger partial charge in [0.05, 0.1) is 5.69 Å². The Morgan fingerprint density at radius 2 is 1.61 bits per heavy atom. The van der Waals surface area contributed by atoms with Crippen molar-refractivity contribution in [1.29, 1.82) is 0 Å². The normalized spacial score (nSPS) is 10.4. The second kappa shape index (κ2) is 5.65. The van der Waals surface area contributed by atoms with Crippen LogP contribution in [-0.4, -0.2) is 6.54 Å². The molecular weight excluding hydrogens is 227 g/mol. The molecule has 0 saturated heterocycles. The third-order valence-electron chi connectivity index (χ3n) is 2.96. The van der Waals surface area contributed by atoms with Crippen molar-refractivity contribution in [2.45, 2.75) is 13.5 Å². The van der Waals surface area contributed by atoms with E-state index in [4.69, 9.17) is 5.73 Å². The zero-order valence-electron chi connectivity index (χ0n) is 10.4. The van der Waals surface area contributed by atoms with E-state index >= 15 is 0 Å². The molecule has 0 saturated carbocycles. The van der Waals surface area contributed by atoms with Gasteiger partial charge >= 0.3 is 0 Å². The number of halogens is 1. The van der Waals surface area contributed by atoms with Crippen LogP contribution >= 0.6 is 0 Å². The van der Waals surface area contributed by atoms with E-state index in [9.17, 15) is 4.39 Å². The first kappa shape index (κ1) is 12.6. The lowest BCUT2D eigenvalue weighted by atomic mass is 10.1. The van der Waals surface area contributed by atoms with Crippen molar-refractivity contribution in [2.75, 3.05) is 11.4 Å². The van der Waals surface area contributed by atoms with Gasteiger partial charge in [0.25, 0.3) is 0 Å². The van der Waals surface area contributed by atoms with Crippen molar-refractivity contribution in [3.63, 3.8) is 0 Å². The summed E-state index contributed by atoms with van der Waals surface area (Å²) in [7, 11) is 0. The molecule has 0 amide bonds. The second-order valence-electron chi connectivity index (χ2n) is 4.03. The Morgan fingerprint density at radius 3 is 2.22 bits per heavy atom. The van der Waals surface area contributed by atoms with Crippen LogP contribution in [0.3, 0.4) is 0 Å². The molecule has 2 N–H and O–H groups in total. The van der Waals surface area contributed by atoms with E-state index < -0.39 is 0 Å². The maximum absolute atomic E-state index is 13.9. The molecule has 18 heavy (non-hydrogen) atoms. The summed E-state index contributed by atoms with van der Waals surface area (Å²) in [4.78, 5) is 1.94. The van der Waals surface area contributed by atoms with Crippen LogP contribution in [0.15, 0.2) is 48.5 Å². The van der Waals surface area contributed by atoms with Crippen molar-refractivity contribution < 1.29 is 4.39 Å². The zero-order chi connectivity index (χ0) is 13.0. The Kier molecular flexibility index (Phi) is 3.95. The summed E-state index contributed by atoms with van der Waals surface area (Å²) in [5.74, 6) is -0.217. The highest BCUT2D eigenvalue weighted by Gasteiger charge is 2.13. The highest BCUT2D eigenvalue weighted by molar-refractivity contribution is 5.66. The van der Waals surface area contributed by atoms with E-state index in [1.165, 1.54) is 6.07 Å². The molecule has 2 nitrogen and oxygen atoms in total. The molecule has 2 aromatic rings. The number of anilines is 2. The van der Waals surface area contributed by atoms with Crippen LogP contribution < -0.4 is 10.6 Å². The fraction of sp³-hybridized carbons (Fsp3) is 0.200. The molecule has 0 aliphatic heterocycles. The SMILES string of the molecule is CCN(c1ccccc1F)c1ccccc1CN. The molecule has 2 aromatic carbocycles. The third kappa shape index (κ3) is 2.36. The first-order chi connectivity index (χ1) is 8.77. The molecule has 0 aliphatic carbocycles. The molecule has 0 atom stereocenters. The average Bonchev–Trinajstić information content (AvgIpc) is 2.42.